The molecular formula is C19H23N3O2. The number of aryl methyl sites for hydroxylation is 1. The molecule has 0 radical (unpaired) electrons. The van der Waals surface area contributed by atoms with Crippen LogP contribution in [0.2, 0.25) is 0 Å². The minimum atomic E-state index is -0.0907. The van der Waals surface area contributed by atoms with E-state index in [0.29, 0.717) is 24.9 Å². The van der Waals surface area contributed by atoms with Crippen molar-refractivity contribution in [3.8, 4) is 0 Å². The summed E-state index contributed by atoms with van der Waals surface area (Å²) in [7, 11) is 0. The van der Waals surface area contributed by atoms with Gasteiger partial charge in [-0.15, -0.1) is 0 Å². The van der Waals surface area contributed by atoms with Crippen LogP contribution in [0.4, 0.5) is 0 Å². The Morgan fingerprint density at radius 3 is 2.96 bits per heavy atom. The number of fused-ring (bicyclic) bond motifs is 1. The third kappa shape index (κ3) is 4.10. The first-order chi connectivity index (χ1) is 11.7. The summed E-state index contributed by atoms with van der Waals surface area (Å²) in [5.41, 5.74) is 2.15. The van der Waals surface area contributed by atoms with Crippen molar-refractivity contribution in [3.63, 3.8) is 0 Å². The van der Waals surface area contributed by atoms with Gasteiger partial charge in [0.15, 0.2) is 0 Å². The Kier molecular flexibility index (Phi) is 5.41. The van der Waals surface area contributed by atoms with E-state index in [-0.39, 0.29) is 11.3 Å². The molecule has 1 N–H and O–H groups in total. The molecule has 126 valence electrons. The van der Waals surface area contributed by atoms with Gasteiger partial charge in [-0.05, 0) is 44.2 Å². The molecule has 0 bridgehead atoms. The molecule has 1 aromatic heterocycles. The van der Waals surface area contributed by atoms with E-state index in [1.165, 1.54) is 37.5 Å². The summed E-state index contributed by atoms with van der Waals surface area (Å²) in [6, 6.07) is 7.35. The molecule has 0 saturated heterocycles. The summed E-state index contributed by atoms with van der Waals surface area (Å²) in [6.07, 6.45) is 9.84. The summed E-state index contributed by atoms with van der Waals surface area (Å²) in [5, 5.41) is 7.76. The first kappa shape index (κ1) is 16.4. The fourth-order valence-corrected chi connectivity index (χ4v) is 3.13. The van der Waals surface area contributed by atoms with Crippen LogP contribution in [-0.4, -0.2) is 22.2 Å². The molecular weight excluding hydrogens is 302 g/mol. The monoisotopic (exact) mass is 325 g/mol. The average Bonchev–Trinajstić information content (AvgIpc) is 2.62. The summed E-state index contributed by atoms with van der Waals surface area (Å²) in [4.78, 5) is 23.8. The van der Waals surface area contributed by atoms with Crippen molar-refractivity contribution in [2.45, 2.75) is 45.1 Å². The summed E-state index contributed by atoms with van der Waals surface area (Å²) in [5.74, 6) is 0.0241. The van der Waals surface area contributed by atoms with Crippen molar-refractivity contribution in [1.82, 2.24) is 15.1 Å². The third-order valence-corrected chi connectivity index (χ3v) is 4.47. The number of hydrogen-bond donors (Lipinski definition) is 1. The lowest BCUT2D eigenvalue weighted by Crippen LogP contribution is -2.26. The molecule has 5 nitrogen and oxygen atoms in total. The van der Waals surface area contributed by atoms with Gasteiger partial charge in [0.25, 0.3) is 0 Å². The lowest BCUT2D eigenvalue weighted by molar-refractivity contribution is -0.121. The predicted octanol–water partition coefficient (Wildman–Crippen LogP) is 2.79. The number of hydrogen-bond acceptors (Lipinski definition) is 3. The maximum Gasteiger partial charge on any atom is 0.221 e. The van der Waals surface area contributed by atoms with Gasteiger partial charge in [0.2, 0.25) is 11.3 Å². The molecule has 1 amide bonds. The van der Waals surface area contributed by atoms with E-state index in [1.54, 1.807) is 10.7 Å². The van der Waals surface area contributed by atoms with Gasteiger partial charge in [0, 0.05) is 18.4 Å². The number of rotatable bonds is 6. The molecule has 1 aliphatic carbocycles. The Labute approximate surface area is 141 Å². The van der Waals surface area contributed by atoms with Gasteiger partial charge in [-0.25, -0.2) is 0 Å². The summed E-state index contributed by atoms with van der Waals surface area (Å²) >= 11 is 0. The zero-order chi connectivity index (χ0) is 16.8. The Morgan fingerprint density at radius 2 is 2.12 bits per heavy atom. The largest absolute Gasteiger partial charge is 0.356 e. The molecule has 0 fully saturated rings. The first-order valence-electron chi connectivity index (χ1n) is 8.63. The number of nitrogens with zero attached hydrogens (tertiary/aromatic N) is 2. The van der Waals surface area contributed by atoms with E-state index < -0.39 is 0 Å². The number of aromatic nitrogens is 2. The second kappa shape index (κ2) is 7.90. The number of allylic oxidation sites excluding steroid dienone is 1. The Bertz CT molecular complexity index is 808. The van der Waals surface area contributed by atoms with Crippen LogP contribution in [0.5, 0.6) is 0 Å². The van der Waals surface area contributed by atoms with E-state index in [0.717, 1.165) is 11.9 Å². The van der Waals surface area contributed by atoms with Crippen LogP contribution in [0.1, 0.15) is 38.5 Å². The highest BCUT2D eigenvalue weighted by atomic mass is 16.1. The van der Waals surface area contributed by atoms with Gasteiger partial charge in [0.1, 0.15) is 0 Å². The SMILES string of the molecule is O=C(CCn1ncc(=O)c2ccccc21)NCCC1=CCCCC1. The van der Waals surface area contributed by atoms with Crippen LogP contribution in [0.3, 0.4) is 0 Å². The average molecular weight is 325 g/mol. The van der Waals surface area contributed by atoms with Crippen molar-refractivity contribution in [3.05, 3.63) is 52.3 Å². The van der Waals surface area contributed by atoms with E-state index in [2.05, 4.69) is 16.5 Å². The number of benzene rings is 1. The second-order valence-corrected chi connectivity index (χ2v) is 6.21. The summed E-state index contributed by atoms with van der Waals surface area (Å²) in [6.45, 7) is 1.17. The standard InChI is InChI=1S/C19H23N3O2/c23-18-14-21-22(17-9-5-4-8-16(17)18)13-11-19(24)20-12-10-15-6-2-1-3-7-15/h4-6,8-9,14H,1-3,7,10-13H2,(H,20,24). The minimum Gasteiger partial charge on any atom is -0.356 e. The Morgan fingerprint density at radius 1 is 1.25 bits per heavy atom. The zero-order valence-electron chi connectivity index (χ0n) is 13.8. The number of carbonyl (C=O) groups is 1. The highest BCUT2D eigenvalue weighted by Crippen LogP contribution is 2.19. The van der Waals surface area contributed by atoms with Crippen LogP contribution < -0.4 is 10.7 Å². The van der Waals surface area contributed by atoms with Gasteiger partial charge in [0.05, 0.1) is 18.3 Å². The topological polar surface area (TPSA) is 64.0 Å². The van der Waals surface area contributed by atoms with Gasteiger partial charge >= 0.3 is 0 Å². The maximum absolute atomic E-state index is 12.0. The molecule has 1 aliphatic rings. The maximum atomic E-state index is 12.0. The zero-order valence-corrected chi connectivity index (χ0v) is 13.8. The van der Waals surface area contributed by atoms with Crippen LogP contribution in [-0.2, 0) is 11.3 Å². The molecule has 0 aliphatic heterocycles. The Balaban J connectivity index is 1.52. The minimum absolute atomic E-state index is 0.0241. The third-order valence-electron chi connectivity index (χ3n) is 4.47. The fourth-order valence-electron chi connectivity index (χ4n) is 3.13. The number of nitrogens with one attached hydrogen (secondary N) is 1. The number of amides is 1. The van der Waals surface area contributed by atoms with E-state index in [4.69, 9.17) is 0 Å². The molecule has 0 unspecified atom stereocenters. The first-order valence-corrected chi connectivity index (χ1v) is 8.63. The highest BCUT2D eigenvalue weighted by molar-refractivity contribution is 5.79. The van der Waals surface area contributed by atoms with Crippen LogP contribution in [0, 0.1) is 0 Å². The van der Waals surface area contributed by atoms with E-state index in [9.17, 15) is 9.59 Å². The second-order valence-electron chi connectivity index (χ2n) is 6.21. The molecule has 24 heavy (non-hydrogen) atoms. The quantitative estimate of drug-likeness (QED) is 0.831. The van der Waals surface area contributed by atoms with Crippen LogP contribution >= 0.6 is 0 Å². The van der Waals surface area contributed by atoms with Crippen LogP contribution in [0.25, 0.3) is 10.9 Å². The smallest absolute Gasteiger partial charge is 0.221 e. The fraction of sp³-hybridized carbons (Fsp3) is 0.421. The van der Waals surface area contributed by atoms with Gasteiger partial charge < -0.3 is 5.32 Å². The Hall–Kier alpha value is -2.43. The van der Waals surface area contributed by atoms with Crippen molar-refractivity contribution < 1.29 is 4.79 Å². The van der Waals surface area contributed by atoms with Gasteiger partial charge in [-0.2, -0.15) is 5.10 Å². The lowest BCUT2D eigenvalue weighted by atomic mass is 9.97. The van der Waals surface area contributed by atoms with Crippen molar-refractivity contribution in [2.24, 2.45) is 0 Å². The molecule has 2 aromatic rings. The lowest BCUT2D eigenvalue weighted by Gasteiger charge is -2.13. The highest BCUT2D eigenvalue weighted by Gasteiger charge is 2.07. The van der Waals surface area contributed by atoms with Crippen molar-refractivity contribution >= 4 is 16.8 Å². The van der Waals surface area contributed by atoms with E-state index >= 15 is 0 Å². The molecule has 1 heterocycles. The van der Waals surface area contributed by atoms with Crippen LogP contribution in [0.15, 0.2) is 46.9 Å². The molecule has 0 saturated carbocycles. The number of para-hydroxylation sites is 1. The summed E-state index contributed by atoms with van der Waals surface area (Å²) < 4.78 is 1.72. The molecule has 1 aromatic carbocycles. The van der Waals surface area contributed by atoms with Gasteiger partial charge in [-0.3, -0.25) is 14.3 Å². The molecule has 3 rings (SSSR count). The van der Waals surface area contributed by atoms with Crippen molar-refractivity contribution in [1.29, 1.82) is 0 Å². The molecule has 0 spiro atoms. The molecule has 0 atom stereocenters. The van der Waals surface area contributed by atoms with E-state index in [1.807, 2.05) is 18.2 Å². The number of carbonyl (C=O) groups excluding carboxylic acids is 1. The molecule has 5 heteroatoms. The van der Waals surface area contributed by atoms with Crippen molar-refractivity contribution in [2.75, 3.05) is 6.54 Å². The normalized spacial score (nSPS) is 14.4. The van der Waals surface area contributed by atoms with Gasteiger partial charge in [-0.1, -0.05) is 23.8 Å². The predicted molar refractivity (Wildman–Crippen MR) is 94.8 cm³/mol.